The molecule has 0 spiro atoms. The quantitative estimate of drug-likeness (QED) is 0.677. The number of carbonyl (C=O) groups excluding carboxylic acids is 1. The summed E-state index contributed by atoms with van der Waals surface area (Å²) in [5.41, 5.74) is 1.75. The van der Waals surface area contributed by atoms with Gasteiger partial charge in [-0.15, -0.1) is 0 Å². The Kier molecular flexibility index (Phi) is 2.52. The van der Waals surface area contributed by atoms with Crippen LogP contribution in [0.1, 0.15) is 16.1 Å². The number of H-pyrrole nitrogens is 1. The maximum absolute atomic E-state index is 14.0. The molecule has 3 nitrogen and oxygen atoms in total. The average molecular weight is 257 g/mol. The van der Waals surface area contributed by atoms with Crippen molar-refractivity contribution >= 4 is 27.6 Å². The van der Waals surface area contributed by atoms with E-state index in [0.29, 0.717) is 16.6 Å². The topological polar surface area (TPSA) is 42.1 Å². The van der Waals surface area contributed by atoms with Gasteiger partial charge >= 0.3 is 5.97 Å². The number of ether oxygens (including phenoxy) is 1. The first kappa shape index (κ1) is 11.7. The monoisotopic (exact) mass is 257 g/mol. The van der Waals surface area contributed by atoms with Crippen LogP contribution in [0.25, 0.3) is 21.7 Å². The number of hydrogen-bond donors (Lipinski definition) is 1. The van der Waals surface area contributed by atoms with Gasteiger partial charge in [0.2, 0.25) is 0 Å². The van der Waals surface area contributed by atoms with E-state index in [2.05, 4.69) is 4.98 Å². The molecular formula is C15H12FNO2. The second-order valence-corrected chi connectivity index (χ2v) is 4.44. The maximum atomic E-state index is 14.0. The lowest BCUT2D eigenvalue weighted by atomic mass is 10.0. The van der Waals surface area contributed by atoms with E-state index in [1.807, 2.05) is 19.1 Å². The third-order valence-corrected chi connectivity index (χ3v) is 3.39. The largest absolute Gasteiger partial charge is 0.464 e. The number of methoxy groups -OCH3 is 1. The number of benzene rings is 2. The molecule has 2 aromatic carbocycles. The van der Waals surface area contributed by atoms with Gasteiger partial charge in [0.1, 0.15) is 11.5 Å². The zero-order valence-corrected chi connectivity index (χ0v) is 10.6. The van der Waals surface area contributed by atoms with Crippen molar-refractivity contribution < 1.29 is 13.9 Å². The minimum absolute atomic E-state index is 0.305. The number of halogens is 1. The molecule has 0 atom stereocenters. The molecule has 0 aliphatic heterocycles. The standard InChI is InChI=1S/C15H12FNO2/c1-8-13-10-6-4-3-5-9(10)11(16)7-12(13)17-14(8)15(18)19-2/h3-7,17H,1-2H3. The van der Waals surface area contributed by atoms with Crippen LogP contribution in [0.4, 0.5) is 4.39 Å². The number of aromatic nitrogens is 1. The van der Waals surface area contributed by atoms with Crippen LogP contribution < -0.4 is 0 Å². The van der Waals surface area contributed by atoms with Crippen molar-refractivity contribution in [2.75, 3.05) is 7.11 Å². The Morgan fingerprint density at radius 2 is 1.95 bits per heavy atom. The molecule has 0 saturated carbocycles. The van der Waals surface area contributed by atoms with Crippen LogP contribution in [0.5, 0.6) is 0 Å². The fraction of sp³-hybridized carbons (Fsp3) is 0.133. The van der Waals surface area contributed by atoms with Crippen LogP contribution in [0.2, 0.25) is 0 Å². The molecule has 3 aromatic rings. The lowest BCUT2D eigenvalue weighted by Gasteiger charge is -2.02. The fourth-order valence-corrected chi connectivity index (χ4v) is 2.49. The average Bonchev–Trinajstić information content (AvgIpc) is 2.75. The normalized spacial score (nSPS) is 11.1. The Hall–Kier alpha value is -2.36. The molecule has 1 N–H and O–H groups in total. The fourth-order valence-electron chi connectivity index (χ4n) is 2.49. The summed E-state index contributed by atoms with van der Waals surface area (Å²) < 4.78 is 18.7. The predicted molar refractivity (Wildman–Crippen MR) is 71.8 cm³/mol. The van der Waals surface area contributed by atoms with Gasteiger partial charge in [0.05, 0.1) is 7.11 Å². The summed E-state index contributed by atoms with van der Waals surface area (Å²) in [6.07, 6.45) is 0. The zero-order valence-electron chi connectivity index (χ0n) is 10.6. The third kappa shape index (κ3) is 1.60. The Morgan fingerprint density at radius 1 is 1.26 bits per heavy atom. The van der Waals surface area contributed by atoms with Gasteiger partial charge in [-0.2, -0.15) is 0 Å². The van der Waals surface area contributed by atoms with Crippen molar-refractivity contribution in [3.63, 3.8) is 0 Å². The van der Waals surface area contributed by atoms with Gasteiger partial charge in [0.15, 0.2) is 0 Å². The highest BCUT2D eigenvalue weighted by Gasteiger charge is 2.18. The molecule has 0 aliphatic carbocycles. The molecule has 1 aromatic heterocycles. The molecule has 0 saturated heterocycles. The van der Waals surface area contributed by atoms with Gasteiger partial charge in [-0.05, 0) is 23.9 Å². The highest BCUT2D eigenvalue weighted by Crippen LogP contribution is 2.31. The number of nitrogens with one attached hydrogen (secondary N) is 1. The Balaban J connectivity index is 2.48. The lowest BCUT2D eigenvalue weighted by Crippen LogP contribution is -2.02. The van der Waals surface area contributed by atoms with E-state index in [4.69, 9.17) is 4.74 Å². The Labute approximate surface area is 109 Å². The smallest absolute Gasteiger partial charge is 0.354 e. The van der Waals surface area contributed by atoms with Crippen LogP contribution >= 0.6 is 0 Å². The van der Waals surface area contributed by atoms with E-state index in [1.54, 1.807) is 12.1 Å². The SMILES string of the molecule is COC(=O)c1[nH]c2cc(F)c3ccccc3c2c1C. The number of hydrogen-bond acceptors (Lipinski definition) is 2. The summed E-state index contributed by atoms with van der Waals surface area (Å²) in [7, 11) is 1.33. The number of carbonyl (C=O) groups is 1. The summed E-state index contributed by atoms with van der Waals surface area (Å²) in [5.74, 6) is -0.751. The van der Waals surface area contributed by atoms with Gasteiger partial charge in [-0.25, -0.2) is 9.18 Å². The van der Waals surface area contributed by atoms with E-state index in [0.717, 1.165) is 16.3 Å². The van der Waals surface area contributed by atoms with E-state index < -0.39 is 5.97 Å². The van der Waals surface area contributed by atoms with Gasteiger partial charge in [-0.3, -0.25) is 0 Å². The molecule has 0 radical (unpaired) electrons. The van der Waals surface area contributed by atoms with Crippen LogP contribution in [-0.2, 0) is 4.74 Å². The summed E-state index contributed by atoms with van der Waals surface area (Å²) in [5, 5.41) is 2.20. The van der Waals surface area contributed by atoms with Crippen molar-refractivity contribution in [2.45, 2.75) is 6.92 Å². The van der Waals surface area contributed by atoms with Gasteiger partial charge in [-0.1, -0.05) is 24.3 Å². The minimum Gasteiger partial charge on any atom is -0.464 e. The highest BCUT2D eigenvalue weighted by molar-refractivity contribution is 6.11. The number of esters is 1. The molecule has 0 aliphatic rings. The molecular weight excluding hydrogens is 245 g/mol. The van der Waals surface area contributed by atoms with Crippen LogP contribution in [0.15, 0.2) is 30.3 Å². The van der Waals surface area contributed by atoms with Crippen molar-refractivity contribution in [3.8, 4) is 0 Å². The molecule has 0 fully saturated rings. The number of rotatable bonds is 1. The number of aryl methyl sites for hydroxylation is 1. The van der Waals surface area contributed by atoms with Crippen molar-refractivity contribution in [2.24, 2.45) is 0 Å². The van der Waals surface area contributed by atoms with Gasteiger partial charge in [0.25, 0.3) is 0 Å². The van der Waals surface area contributed by atoms with E-state index >= 15 is 0 Å². The first-order valence-electron chi connectivity index (χ1n) is 5.91. The molecule has 0 bridgehead atoms. The van der Waals surface area contributed by atoms with Crippen LogP contribution in [0, 0.1) is 12.7 Å². The highest BCUT2D eigenvalue weighted by atomic mass is 19.1. The van der Waals surface area contributed by atoms with Crippen LogP contribution in [0.3, 0.4) is 0 Å². The molecule has 0 unspecified atom stereocenters. The molecule has 96 valence electrons. The van der Waals surface area contributed by atoms with Crippen molar-refractivity contribution in [1.29, 1.82) is 0 Å². The zero-order chi connectivity index (χ0) is 13.6. The second-order valence-electron chi connectivity index (χ2n) is 4.44. The Morgan fingerprint density at radius 3 is 2.63 bits per heavy atom. The van der Waals surface area contributed by atoms with Crippen molar-refractivity contribution in [3.05, 3.63) is 47.4 Å². The predicted octanol–water partition coefficient (Wildman–Crippen LogP) is 3.56. The molecule has 4 heteroatoms. The van der Waals surface area contributed by atoms with Gasteiger partial charge in [0, 0.05) is 16.3 Å². The van der Waals surface area contributed by atoms with E-state index in [1.165, 1.54) is 13.2 Å². The summed E-state index contributed by atoms with van der Waals surface area (Å²) in [4.78, 5) is 14.6. The number of fused-ring (bicyclic) bond motifs is 3. The minimum atomic E-state index is -0.446. The molecule has 0 amide bonds. The summed E-state index contributed by atoms with van der Waals surface area (Å²) in [6, 6.07) is 8.64. The maximum Gasteiger partial charge on any atom is 0.354 e. The Bertz CT molecular complexity index is 805. The van der Waals surface area contributed by atoms with Crippen LogP contribution in [-0.4, -0.2) is 18.1 Å². The first-order chi connectivity index (χ1) is 9.13. The van der Waals surface area contributed by atoms with E-state index in [9.17, 15) is 9.18 Å². The molecule has 3 rings (SSSR count). The van der Waals surface area contributed by atoms with E-state index in [-0.39, 0.29) is 5.82 Å². The summed E-state index contributed by atoms with van der Waals surface area (Å²) in [6.45, 7) is 1.83. The van der Waals surface area contributed by atoms with Crippen molar-refractivity contribution in [1.82, 2.24) is 4.98 Å². The van der Waals surface area contributed by atoms with Gasteiger partial charge < -0.3 is 9.72 Å². The summed E-state index contributed by atoms with van der Waals surface area (Å²) >= 11 is 0. The molecule has 19 heavy (non-hydrogen) atoms. The second kappa shape index (κ2) is 4.09. The first-order valence-corrected chi connectivity index (χ1v) is 5.91. The third-order valence-electron chi connectivity index (χ3n) is 3.39. The number of aromatic amines is 1. The lowest BCUT2D eigenvalue weighted by molar-refractivity contribution is 0.0594. The molecule has 1 heterocycles.